The number of esters is 1. The zero-order valence-corrected chi connectivity index (χ0v) is 12.2. The Labute approximate surface area is 119 Å². The quantitative estimate of drug-likeness (QED) is 0.474. The van der Waals surface area contributed by atoms with Gasteiger partial charge in [0, 0.05) is 12.2 Å². The first kappa shape index (κ1) is 16.0. The lowest BCUT2D eigenvalue weighted by atomic mass is 10.1. The lowest BCUT2D eigenvalue weighted by Crippen LogP contribution is -2.36. The van der Waals surface area contributed by atoms with Crippen LogP contribution in [-0.2, 0) is 9.53 Å². The maximum Gasteiger partial charge on any atom is 0.338 e. The number of amides is 1. The molecule has 1 atom stereocenters. The largest absolute Gasteiger partial charge is 0.449 e. The van der Waals surface area contributed by atoms with Crippen LogP contribution >= 0.6 is 0 Å². The van der Waals surface area contributed by atoms with E-state index in [0.29, 0.717) is 17.8 Å². The van der Waals surface area contributed by atoms with Gasteiger partial charge in [0.05, 0.1) is 5.56 Å². The van der Waals surface area contributed by atoms with E-state index in [1.807, 2.05) is 13.8 Å². The molecule has 0 aromatic heterocycles. The summed E-state index contributed by atoms with van der Waals surface area (Å²) in [4.78, 5) is 23.6. The van der Waals surface area contributed by atoms with Gasteiger partial charge >= 0.3 is 5.97 Å². The Balaban J connectivity index is 2.58. The summed E-state index contributed by atoms with van der Waals surface area (Å²) in [7, 11) is 0. The second kappa shape index (κ2) is 7.53. The van der Waals surface area contributed by atoms with Crippen molar-refractivity contribution in [1.29, 1.82) is 0 Å². The molecule has 0 radical (unpaired) electrons. The van der Waals surface area contributed by atoms with Crippen molar-refractivity contribution in [1.82, 2.24) is 5.32 Å². The highest BCUT2D eigenvalue weighted by atomic mass is 16.5. The summed E-state index contributed by atoms with van der Waals surface area (Å²) in [6, 6.07) is 4.98. The molecular weight excluding hydrogens is 256 g/mol. The predicted octanol–water partition coefficient (Wildman–Crippen LogP) is 2.04. The van der Waals surface area contributed by atoms with Crippen LogP contribution in [0, 0.1) is 6.92 Å². The Kier molecular flexibility index (Phi) is 6.03. The Bertz CT molecular complexity index is 466. The number of carbonyl (C=O) groups is 2. The molecule has 0 aliphatic heterocycles. The van der Waals surface area contributed by atoms with Crippen molar-refractivity contribution in [3.05, 3.63) is 29.3 Å². The molecule has 0 bridgehead atoms. The van der Waals surface area contributed by atoms with Gasteiger partial charge in [0.1, 0.15) is 0 Å². The summed E-state index contributed by atoms with van der Waals surface area (Å²) in [5.41, 5.74) is 7.41. The van der Waals surface area contributed by atoms with E-state index in [0.717, 1.165) is 18.4 Å². The molecule has 5 heteroatoms. The number of aryl methyl sites for hydroxylation is 1. The van der Waals surface area contributed by atoms with Crippen LogP contribution in [-0.4, -0.2) is 24.5 Å². The number of hydrogen-bond acceptors (Lipinski definition) is 4. The molecule has 0 saturated heterocycles. The van der Waals surface area contributed by atoms with E-state index >= 15 is 0 Å². The summed E-state index contributed by atoms with van der Waals surface area (Å²) in [6.45, 7) is 6.03. The molecule has 1 unspecified atom stereocenters. The van der Waals surface area contributed by atoms with Crippen molar-refractivity contribution < 1.29 is 14.3 Å². The molecule has 0 heterocycles. The van der Waals surface area contributed by atoms with E-state index in [4.69, 9.17) is 10.5 Å². The third kappa shape index (κ3) is 4.91. The number of benzene rings is 1. The number of rotatable bonds is 6. The van der Waals surface area contributed by atoms with Crippen molar-refractivity contribution in [2.75, 3.05) is 12.3 Å². The first-order valence-electron chi connectivity index (χ1n) is 6.80. The molecule has 1 aromatic carbocycles. The molecule has 0 aliphatic carbocycles. The van der Waals surface area contributed by atoms with Crippen LogP contribution in [0.2, 0.25) is 0 Å². The van der Waals surface area contributed by atoms with E-state index in [1.165, 1.54) is 6.07 Å². The van der Waals surface area contributed by atoms with Gasteiger partial charge in [-0.2, -0.15) is 0 Å². The van der Waals surface area contributed by atoms with Crippen molar-refractivity contribution >= 4 is 17.6 Å². The van der Waals surface area contributed by atoms with Gasteiger partial charge in [-0.15, -0.1) is 0 Å². The Hall–Kier alpha value is -2.04. The van der Waals surface area contributed by atoms with Gasteiger partial charge in [0.15, 0.2) is 6.10 Å². The minimum atomic E-state index is -0.818. The van der Waals surface area contributed by atoms with E-state index < -0.39 is 12.1 Å². The van der Waals surface area contributed by atoms with Gasteiger partial charge in [0.25, 0.3) is 5.91 Å². The topological polar surface area (TPSA) is 81.4 Å². The average molecular weight is 278 g/mol. The molecule has 5 nitrogen and oxygen atoms in total. The van der Waals surface area contributed by atoms with E-state index in [1.54, 1.807) is 19.1 Å². The Morgan fingerprint density at radius 1 is 1.35 bits per heavy atom. The molecule has 1 amide bonds. The third-order valence-electron chi connectivity index (χ3n) is 2.82. The number of hydrogen-bond donors (Lipinski definition) is 2. The van der Waals surface area contributed by atoms with Gasteiger partial charge in [-0.3, -0.25) is 4.79 Å². The van der Waals surface area contributed by atoms with E-state index in [9.17, 15) is 9.59 Å². The van der Waals surface area contributed by atoms with Crippen molar-refractivity contribution in [2.24, 2.45) is 0 Å². The molecule has 110 valence electrons. The lowest BCUT2D eigenvalue weighted by molar-refractivity contribution is -0.129. The fourth-order valence-corrected chi connectivity index (χ4v) is 1.74. The van der Waals surface area contributed by atoms with Gasteiger partial charge in [-0.1, -0.05) is 13.3 Å². The van der Waals surface area contributed by atoms with Gasteiger partial charge in [-0.25, -0.2) is 4.79 Å². The molecule has 1 rings (SSSR count). The first-order chi connectivity index (χ1) is 9.43. The molecule has 1 aromatic rings. The number of nitrogens with one attached hydrogen (secondary N) is 1. The first-order valence-corrected chi connectivity index (χ1v) is 6.80. The smallest absolute Gasteiger partial charge is 0.338 e. The number of nitrogen functional groups attached to an aromatic ring is 1. The van der Waals surface area contributed by atoms with Crippen LogP contribution in [0.3, 0.4) is 0 Å². The molecular formula is C15H22N2O3. The zero-order valence-electron chi connectivity index (χ0n) is 12.2. The number of nitrogens with two attached hydrogens (primary N) is 1. The highest BCUT2D eigenvalue weighted by Gasteiger charge is 2.18. The van der Waals surface area contributed by atoms with Gasteiger partial charge in [-0.05, 0) is 44.0 Å². The van der Waals surface area contributed by atoms with Gasteiger partial charge in [0.2, 0.25) is 0 Å². The minimum absolute atomic E-state index is 0.285. The Morgan fingerprint density at radius 2 is 2.05 bits per heavy atom. The minimum Gasteiger partial charge on any atom is -0.449 e. The zero-order chi connectivity index (χ0) is 15.1. The molecule has 0 aliphatic rings. The summed E-state index contributed by atoms with van der Waals surface area (Å²) < 4.78 is 5.13. The van der Waals surface area contributed by atoms with Crippen LogP contribution in [0.4, 0.5) is 5.69 Å². The molecule has 3 N–H and O–H groups in total. The summed E-state index contributed by atoms with van der Waals surface area (Å²) in [5, 5.41) is 2.72. The average Bonchev–Trinajstić information content (AvgIpc) is 2.37. The standard InChI is InChI=1S/C15H22N2O3/c1-4-5-6-17-14(18)11(3)20-15(19)12-7-10(2)8-13(16)9-12/h7-9,11H,4-6,16H2,1-3H3,(H,17,18). The summed E-state index contributed by atoms with van der Waals surface area (Å²) >= 11 is 0. The molecule has 20 heavy (non-hydrogen) atoms. The van der Waals surface area contributed by atoms with Crippen molar-refractivity contribution in [3.8, 4) is 0 Å². The van der Waals surface area contributed by atoms with Crippen LogP contribution in [0.15, 0.2) is 18.2 Å². The van der Waals surface area contributed by atoms with Crippen LogP contribution < -0.4 is 11.1 Å². The normalized spacial score (nSPS) is 11.8. The second-order valence-corrected chi connectivity index (χ2v) is 4.82. The lowest BCUT2D eigenvalue weighted by Gasteiger charge is -2.13. The number of anilines is 1. The van der Waals surface area contributed by atoms with Crippen molar-refractivity contribution in [3.63, 3.8) is 0 Å². The maximum absolute atomic E-state index is 11.9. The fourth-order valence-electron chi connectivity index (χ4n) is 1.74. The molecule has 0 spiro atoms. The summed E-state index contributed by atoms with van der Waals surface area (Å²) in [5.74, 6) is -0.828. The number of carbonyl (C=O) groups excluding carboxylic acids is 2. The second-order valence-electron chi connectivity index (χ2n) is 4.82. The number of unbranched alkanes of at least 4 members (excludes halogenated alkanes) is 1. The van der Waals surface area contributed by atoms with Crippen molar-refractivity contribution in [2.45, 2.75) is 39.7 Å². The third-order valence-corrected chi connectivity index (χ3v) is 2.82. The highest BCUT2D eigenvalue weighted by Crippen LogP contribution is 2.13. The molecule has 0 saturated carbocycles. The van der Waals surface area contributed by atoms with E-state index in [-0.39, 0.29) is 5.91 Å². The summed E-state index contributed by atoms with van der Waals surface area (Å²) in [6.07, 6.45) is 1.08. The van der Waals surface area contributed by atoms with E-state index in [2.05, 4.69) is 5.32 Å². The van der Waals surface area contributed by atoms with Crippen LogP contribution in [0.5, 0.6) is 0 Å². The van der Waals surface area contributed by atoms with Gasteiger partial charge < -0.3 is 15.8 Å². The Morgan fingerprint density at radius 3 is 2.65 bits per heavy atom. The molecule has 0 fully saturated rings. The monoisotopic (exact) mass is 278 g/mol. The SMILES string of the molecule is CCCCNC(=O)C(C)OC(=O)c1cc(C)cc(N)c1. The highest BCUT2D eigenvalue weighted by molar-refractivity contribution is 5.93. The number of ether oxygens (including phenoxy) is 1. The van der Waals surface area contributed by atoms with Crippen LogP contribution in [0.25, 0.3) is 0 Å². The van der Waals surface area contributed by atoms with Crippen LogP contribution in [0.1, 0.15) is 42.6 Å². The maximum atomic E-state index is 11.9. The predicted molar refractivity (Wildman–Crippen MR) is 78.4 cm³/mol. The fraction of sp³-hybridized carbons (Fsp3) is 0.467.